The zero-order valence-electron chi connectivity index (χ0n) is 17.0. The fraction of sp³-hybridized carbons (Fsp3) is 0.348. The maximum Gasteiger partial charge on any atom is 0.310 e. The lowest BCUT2D eigenvalue weighted by Gasteiger charge is -2.19. The molecule has 0 aliphatic carbocycles. The van der Waals surface area contributed by atoms with Crippen LogP contribution in [0.15, 0.2) is 48.5 Å². The lowest BCUT2D eigenvalue weighted by atomic mass is 9.86. The molecule has 0 aliphatic heterocycles. The number of hydrogen-bond acceptors (Lipinski definition) is 4. The van der Waals surface area contributed by atoms with Crippen LogP contribution in [0.4, 0.5) is 5.69 Å². The fourth-order valence-corrected chi connectivity index (χ4v) is 2.74. The highest BCUT2D eigenvalue weighted by molar-refractivity contribution is 6.00. The SMILES string of the molecule is CC(=O)Nc1ccc(CC(=O)O[C@H](C)C(=O)c2ccc(C(C)(C)C)cc2)cc1. The van der Waals surface area contributed by atoms with Crippen molar-refractivity contribution in [2.45, 2.75) is 52.6 Å². The Kier molecular flexibility index (Phi) is 6.73. The quantitative estimate of drug-likeness (QED) is 0.598. The van der Waals surface area contributed by atoms with E-state index in [1.807, 2.05) is 12.1 Å². The van der Waals surface area contributed by atoms with Crippen LogP contribution >= 0.6 is 0 Å². The highest BCUT2D eigenvalue weighted by Gasteiger charge is 2.21. The van der Waals surface area contributed by atoms with Gasteiger partial charge in [-0.05, 0) is 35.6 Å². The van der Waals surface area contributed by atoms with Gasteiger partial charge in [-0.1, -0.05) is 57.2 Å². The number of amides is 1. The number of ether oxygens (including phenoxy) is 1. The molecule has 2 aromatic carbocycles. The van der Waals surface area contributed by atoms with Crippen molar-refractivity contribution in [2.75, 3.05) is 5.32 Å². The summed E-state index contributed by atoms with van der Waals surface area (Å²) >= 11 is 0. The van der Waals surface area contributed by atoms with Crippen LogP contribution in [0, 0.1) is 0 Å². The number of nitrogens with one attached hydrogen (secondary N) is 1. The minimum atomic E-state index is -0.855. The maximum absolute atomic E-state index is 12.5. The summed E-state index contributed by atoms with van der Waals surface area (Å²) in [6.45, 7) is 9.34. The minimum Gasteiger partial charge on any atom is -0.454 e. The van der Waals surface area contributed by atoms with E-state index < -0.39 is 12.1 Å². The van der Waals surface area contributed by atoms with Gasteiger partial charge in [-0.15, -0.1) is 0 Å². The second-order valence-electron chi connectivity index (χ2n) is 7.88. The number of carbonyl (C=O) groups excluding carboxylic acids is 3. The van der Waals surface area contributed by atoms with Gasteiger partial charge in [0.1, 0.15) is 0 Å². The van der Waals surface area contributed by atoms with Gasteiger partial charge in [0.2, 0.25) is 11.7 Å². The van der Waals surface area contributed by atoms with Crippen molar-refractivity contribution >= 4 is 23.3 Å². The molecule has 5 heteroatoms. The van der Waals surface area contributed by atoms with Gasteiger partial charge in [-0.3, -0.25) is 14.4 Å². The molecule has 2 rings (SSSR count). The number of rotatable bonds is 6. The molecule has 148 valence electrons. The van der Waals surface area contributed by atoms with Crippen LogP contribution in [0.25, 0.3) is 0 Å². The van der Waals surface area contributed by atoms with Crippen molar-refractivity contribution in [1.29, 1.82) is 0 Å². The normalized spacial score (nSPS) is 12.2. The van der Waals surface area contributed by atoms with Gasteiger partial charge in [-0.2, -0.15) is 0 Å². The molecule has 28 heavy (non-hydrogen) atoms. The summed E-state index contributed by atoms with van der Waals surface area (Å²) in [5.41, 5.74) is 3.07. The van der Waals surface area contributed by atoms with E-state index in [1.165, 1.54) is 6.92 Å². The Morgan fingerprint density at radius 1 is 0.964 bits per heavy atom. The smallest absolute Gasteiger partial charge is 0.310 e. The van der Waals surface area contributed by atoms with E-state index in [4.69, 9.17) is 4.74 Å². The van der Waals surface area contributed by atoms with E-state index >= 15 is 0 Å². The average Bonchev–Trinajstić information content (AvgIpc) is 2.61. The van der Waals surface area contributed by atoms with Crippen molar-refractivity contribution in [3.05, 3.63) is 65.2 Å². The lowest BCUT2D eigenvalue weighted by molar-refractivity contribution is -0.145. The van der Waals surface area contributed by atoms with E-state index in [1.54, 1.807) is 43.3 Å². The number of hydrogen-bond donors (Lipinski definition) is 1. The molecular weight excluding hydrogens is 354 g/mol. The number of Topliss-reactive ketones (excluding diaryl/α,β-unsaturated/α-hetero) is 1. The fourth-order valence-electron chi connectivity index (χ4n) is 2.74. The standard InChI is InChI=1S/C23H27NO4/c1-15(22(27)18-8-10-19(11-9-18)23(3,4)5)28-21(26)14-17-6-12-20(13-7-17)24-16(2)25/h6-13,15H,14H2,1-5H3,(H,24,25)/t15-/m1/s1. The maximum atomic E-state index is 12.5. The monoisotopic (exact) mass is 381 g/mol. The number of benzene rings is 2. The highest BCUT2D eigenvalue weighted by atomic mass is 16.5. The first-order valence-corrected chi connectivity index (χ1v) is 9.27. The second kappa shape index (κ2) is 8.83. The third kappa shape index (κ3) is 6.05. The summed E-state index contributed by atoms with van der Waals surface area (Å²) in [7, 11) is 0. The first-order chi connectivity index (χ1) is 13.1. The van der Waals surface area contributed by atoms with Gasteiger partial charge < -0.3 is 10.1 Å². The predicted octanol–water partition coefficient (Wildman–Crippen LogP) is 4.30. The molecule has 0 heterocycles. The summed E-state index contributed by atoms with van der Waals surface area (Å²) in [4.78, 5) is 35.7. The van der Waals surface area contributed by atoms with Gasteiger partial charge in [-0.25, -0.2) is 0 Å². The molecule has 0 aromatic heterocycles. The average molecular weight is 381 g/mol. The molecule has 1 atom stereocenters. The molecule has 0 saturated heterocycles. The minimum absolute atomic E-state index is 0.00907. The Hall–Kier alpha value is -2.95. The van der Waals surface area contributed by atoms with Gasteiger partial charge in [0.05, 0.1) is 6.42 Å². The number of ketones is 1. The van der Waals surface area contributed by atoms with Gasteiger partial charge in [0.25, 0.3) is 0 Å². The summed E-state index contributed by atoms with van der Waals surface area (Å²) in [5, 5.41) is 2.66. The molecule has 0 saturated carbocycles. The van der Waals surface area contributed by atoms with E-state index in [9.17, 15) is 14.4 Å². The molecule has 5 nitrogen and oxygen atoms in total. The summed E-state index contributed by atoms with van der Waals surface area (Å²) < 4.78 is 5.30. The topological polar surface area (TPSA) is 72.5 Å². The Balaban J connectivity index is 1.94. The Labute approximate surface area is 166 Å². The van der Waals surface area contributed by atoms with Crippen LogP contribution in [0.2, 0.25) is 0 Å². The van der Waals surface area contributed by atoms with Crippen LogP contribution in [0.5, 0.6) is 0 Å². The first-order valence-electron chi connectivity index (χ1n) is 9.27. The lowest BCUT2D eigenvalue weighted by Crippen LogP contribution is -2.25. The highest BCUT2D eigenvalue weighted by Crippen LogP contribution is 2.22. The van der Waals surface area contributed by atoms with Crippen molar-refractivity contribution in [2.24, 2.45) is 0 Å². The molecule has 1 N–H and O–H groups in total. The summed E-state index contributed by atoms with van der Waals surface area (Å²) in [6, 6.07) is 14.3. The third-order valence-electron chi connectivity index (χ3n) is 4.34. The largest absolute Gasteiger partial charge is 0.454 e. The molecule has 0 fully saturated rings. The van der Waals surface area contributed by atoms with Crippen molar-refractivity contribution in [3.8, 4) is 0 Å². The van der Waals surface area contributed by atoms with Crippen LogP contribution in [-0.2, 0) is 26.2 Å². The third-order valence-corrected chi connectivity index (χ3v) is 4.34. The number of anilines is 1. The van der Waals surface area contributed by atoms with E-state index in [0.717, 1.165) is 11.1 Å². The van der Waals surface area contributed by atoms with Gasteiger partial charge in [0, 0.05) is 18.2 Å². The van der Waals surface area contributed by atoms with Crippen LogP contribution in [-0.4, -0.2) is 23.8 Å². The van der Waals surface area contributed by atoms with E-state index in [-0.39, 0.29) is 23.5 Å². The molecule has 2 aromatic rings. The first kappa shape index (κ1) is 21.4. The zero-order valence-corrected chi connectivity index (χ0v) is 17.0. The molecule has 0 radical (unpaired) electrons. The molecular formula is C23H27NO4. The molecule has 1 amide bonds. The second-order valence-corrected chi connectivity index (χ2v) is 7.88. The number of esters is 1. The van der Waals surface area contributed by atoms with Crippen LogP contribution < -0.4 is 5.32 Å². The van der Waals surface area contributed by atoms with E-state index in [0.29, 0.717) is 11.3 Å². The van der Waals surface area contributed by atoms with Crippen LogP contribution in [0.3, 0.4) is 0 Å². The zero-order chi connectivity index (χ0) is 20.9. The Bertz CT molecular complexity index is 846. The van der Waals surface area contributed by atoms with Crippen molar-refractivity contribution in [1.82, 2.24) is 0 Å². The molecule has 0 spiro atoms. The summed E-state index contributed by atoms with van der Waals surface area (Å²) in [5.74, 6) is -0.857. The van der Waals surface area contributed by atoms with E-state index in [2.05, 4.69) is 26.1 Å². The van der Waals surface area contributed by atoms with Crippen molar-refractivity contribution in [3.63, 3.8) is 0 Å². The molecule has 0 bridgehead atoms. The summed E-state index contributed by atoms with van der Waals surface area (Å²) in [6.07, 6.45) is -0.798. The molecule has 0 unspecified atom stereocenters. The molecule has 0 aliphatic rings. The van der Waals surface area contributed by atoms with Gasteiger partial charge in [0.15, 0.2) is 6.10 Å². The van der Waals surface area contributed by atoms with Crippen LogP contribution in [0.1, 0.15) is 56.1 Å². The van der Waals surface area contributed by atoms with Gasteiger partial charge >= 0.3 is 5.97 Å². The predicted molar refractivity (Wildman–Crippen MR) is 109 cm³/mol. The Morgan fingerprint density at radius 3 is 2.04 bits per heavy atom. The Morgan fingerprint density at radius 2 is 1.54 bits per heavy atom. The van der Waals surface area contributed by atoms with Crippen molar-refractivity contribution < 1.29 is 19.1 Å². The number of carbonyl (C=O) groups is 3.